The van der Waals surface area contributed by atoms with Crippen molar-refractivity contribution in [2.75, 3.05) is 6.54 Å². The zero-order valence-electron chi connectivity index (χ0n) is 12.1. The van der Waals surface area contributed by atoms with Crippen molar-refractivity contribution in [3.63, 3.8) is 0 Å². The zero-order valence-corrected chi connectivity index (χ0v) is 16.9. The van der Waals surface area contributed by atoms with Crippen LogP contribution >= 0.6 is 54.5 Å². The Bertz CT molecular complexity index is 581. The first-order valence-corrected chi connectivity index (χ1v) is 9.83. The second-order valence-electron chi connectivity index (χ2n) is 5.72. The summed E-state index contributed by atoms with van der Waals surface area (Å²) >= 11 is 10.9. The van der Waals surface area contributed by atoms with Crippen molar-refractivity contribution in [1.29, 1.82) is 0 Å². The summed E-state index contributed by atoms with van der Waals surface area (Å²) in [6, 6.07) is 6.99. The molecule has 1 nitrogen and oxygen atoms in total. The van der Waals surface area contributed by atoms with Crippen molar-refractivity contribution < 1.29 is 0 Å². The van der Waals surface area contributed by atoms with Crippen molar-refractivity contribution in [3.8, 4) is 0 Å². The van der Waals surface area contributed by atoms with Crippen LogP contribution in [-0.2, 0) is 5.41 Å². The molecule has 0 saturated carbocycles. The van der Waals surface area contributed by atoms with E-state index in [-0.39, 0.29) is 11.5 Å². The third-order valence-corrected chi connectivity index (χ3v) is 7.01. The molecule has 20 heavy (non-hydrogen) atoms. The van der Waals surface area contributed by atoms with Crippen molar-refractivity contribution in [2.24, 2.45) is 0 Å². The number of thiophene rings is 2. The van der Waals surface area contributed by atoms with E-state index in [0.717, 1.165) is 10.3 Å². The molecule has 0 amide bonds. The molecule has 2 aromatic heterocycles. The lowest BCUT2D eigenvalue weighted by molar-refractivity contribution is 0.604. The second kappa shape index (κ2) is 6.61. The molecule has 0 aliphatic heterocycles. The molecule has 0 bridgehead atoms. The minimum atomic E-state index is 0.214. The summed E-state index contributed by atoms with van der Waals surface area (Å²) in [4.78, 5) is 2.81. The molecule has 2 rings (SSSR count). The fraction of sp³-hybridized carbons (Fsp3) is 0.467. The smallest absolute Gasteiger partial charge is 0.0762 e. The Kier molecular flexibility index (Phi) is 5.52. The van der Waals surface area contributed by atoms with Crippen LogP contribution in [0, 0.1) is 0 Å². The average molecular weight is 437 g/mol. The summed E-state index contributed by atoms with van der Waals surface area (Å²) in [6.45, 7) is 9.90. The summed E-state index contributed by atoms with van der Waals surface area (Å²) < 4.78 is 2.36. The molecule has 1 N–H and O–H groups in total. The number of halogens is 2. The van der Waals surface area contributed by atoms with E-state index < -0.39 is 0 Å². The van der Waals surface area contributed by atoms with Crippen LogP contribution in [0.1, 0.15) is 49.1 Å². The third-order valence-electron chi connectivity index (χ3n) is 3.05. The van der Waals surface area contributed by atoms with Crippen molar-refractivity contribution >= 4 is 54.5 Å². The van der Waals surface area contributed by atoms with Crippen LogP contribution in [0.5, 0.6) is 0 Å². The highest BCUT2D eigenvalue weighted by Gasteiger charge is 2.23. The van der Waals surface area contributed by atoms with Gasteiger partial charge in [-0.25, -0.2) is 0 Å². The summed E-state index contributed by atoms with van der Waals surface area (Å²) in [5, 5.41) is 3.60. The monoisotopic (exact) mass is 435 g/mol. The molecule has 0 aliphatic carbocycles. The van der Waals surface area contributed by atoms with Gasteiger partial charge >= 0.3 is 0 Å². The van der Waals surface area contributed by atoms with E-state index in [1.165, 1.54) is 19.1 Å². The number of rotatable bonds is 4. The van der Waals surface area contributed by atoms with Gasteiger partial charge in [-0.1, -0.05) is 27.7 Å². The van der Waals surface area contributed by atoms with Gasteiger partial charge in [0, 0.05) is 15.3 Å². The molecule has 0 radical (unpaired) electrons. The lowest BCUT2D eigenvalue weighted by atomic mass is 9.95. The molecule has 5 heteroatoms. The highest BCUT2D eigenvalue weighted by molar-refractivity contribution is 9.12. The van der Waals surface area contributed by atoms with Gasteiger partial charge < -0.3 is 5.32 Å². The van der Waals surface area contributed by atoms with E-state index in [1.807, 2.05) is 11.3 Å². The molecule has 2 heterocycles. The van der Waals surface area contributed by atoms with E-state index in [4.69, 9.17) is 0 Å². The van der Waals surface area contributed by atoms with Crippen molar-refractivity contribution in [2.45, 2.75) is 39.2 Å². The van der Waals surface area contributed by atoms with E-state index in [1.54, 1.807) is 11.3 Å². The predicted octanol–water partition coefficient (Wildman–Crippen LogP) is 6.33. The van der Waals surface area contributed by atoms with Crippen LogP contribution in [0.3, 0.4) is 0 Å². The first kappa shape index (κ1) is 16.7. The van der Waals surface area contributed by atoms with Crippen molar-refractivity contribution in [3.05, 3.63) is 41.1 Å². The summed E-state index contributed by atoms with van der Waals surface area (Å²) in [5.41, 5.74) is 1.53. The van der Waals surface area contributed by atoms with Crippen LogP contribution in [-0.4, -0.2) is 6.54 Å². The maximum absolute atomic E-state index is 3.68. The number of hydrogen-bond acceptors (Lipinski definition) is 3. The van der Waals surface area contributed by atoms with E-state index in [0.29, 0.717) is 0 Å². The van der Waals surface area contributed by atoms with Gasteiger partial charge in [0.05, 0.1) is 13.6 Å². The Balaban J connectivity index is 2.39. The van der Waals surface area contributed by atoms with Crippen LogP contribution in [0.2, 0.25) is 0 Å². The Morgan fingerprint density at radius 3 is 2.35 bits per heavy atom. The molecule has 1 unspecified atom stereocenters. The fourth-order valence-electron chi connectivity index (χ4n) is 2.03. The third kappa shape index (κ3) is 3.74. The molecule has 0 aromatic carbocycles. The van der Waals surface area contributed by atoms with Gasteiger partial charge in [0.2, 0.25) is 0 Å². The molecule has 0 fully saturated rings. The molecule has 110 valence electrons. The maximum atomic E-state index is 3.68. The quantitative estimate of drug-likeness (QED) is 0.590. The van der Waals surface area contributed by atoms with Gasteiger partial charge in [-0.05, 0) is 62.0 Å². The Labute approximate surface area is 146 Å². The highest BCUT2D eigenvalue weighted by atomic mass is 79.9. The van der Waals surface area contributed by atoms with Crippen LogP contribution in [0.4, 0.5) is 0 Å². The minimum absolute atomic E-state index is 0.214. The Hall–Kier alpha value is 0.320. The lowest BCUT2D eigenvalue weighted by Crippen LogP contribution is -2.20. The van der Waals surface area contributed by atoms with E-state index in [2.05, 4.69) is 83.1 Å². The van der Waals surface area contributed by atoms with Gasteiger partial charge in [-0.15, -0.1) is 22.7 Å². The van der Waals surface area contributed by atoms with Crippen LogP contribution in [0.15, 0.2) is 25.8 Å². The van der Waals surface area contributed by atoms with Crippen molar-refractivity contribution in [1.82, 2.24) is 5.32 Å². The maximum Gasteiger partial charge on any atom is 0.0762 e. The number of hydrogen-bond donors (Lipinski definition) is 1. The summed E-state index contributed by atoms with van der Waals surface area (Å²) in [6.07, 6.45) is 0. The predicted molar refractivity (Wildman–Crippen MR) is 98.3 cm³/mol. The zero-order chi connectivity index (χ0) is 14.9. The molecule has 0 saturated heterocycles. The fourth-order valence-corrected chi connectivity index (χ4v) is 6.09. The van der Waals surface area contributed by atoms with Crippen LogP contribution in [0.25, 0.3) is 0 Å². The van der Waals surface area contributed by atoms with E-state index in [9.17, 15) is 0 Å². The van der Waals surface area contributed by atoms with Gasteiger partial charge in [0.25, 0.3) is 0 Å². The van der Waals surface area contributed by atoms with Gasteiger partial charge in [0.1, 0.15) is 0 Å². The SMILES string of the molecule is CCNC(c1ccc(C(C)(C)C)s1)c1cc(Br)sc1Br. The summed E-state index contributed by atoms with van der Waals surface area (Å²) in [5.74, 6) is 0. The second-order valence-corrected chi connectivity index (χ2v) is 10.6. The standard InChI is InChI=1S/C15H19Br2NS2/c1-5-18-13(9-8-12(16)20-14(9)17)10-6-7-11(19-10)15(2,3)4/h6-8,13,18H,5H2,1-4H3. The van der Waals surface area contributed by atoms with E-state index >= 15 is 0 Å². The molecule has 2 aromatic rings. The molecular formula is C15H19Br2NS2. The molecular weight excluding hydrogens is 418 g/mol. The summed E-state index contributed by atoms with van der Waals surface area (Å²) in [7, 11) is 0. The van der Waals surface area contributed by atoms with Gasteiger partial charge in [0.15, 0.2) is 0 Å². The van der Waals surface area contributed by atoms with Crippen LogP contribution < -0.4 is 5.32 Å². The van der Waals surface area contributed by atoms with Gasteiger partial charge in [-0.3, -0.25) is 0 Å². The molecule has 1 atom stereocenters. The van der Waals surface area contributed by atoms with Gasteiger partial charge in [-0.2, -0.15) is 0 Å². The highest BCUT2D eigenvalue weighted by Crippen LogP contribution is 2.41. The largest absolute Gasteiger partial charge is 0.306 e. The lowest BCUT2D eigenvalue weighted by Gasteiger charge is -2.18. The molecule has 0 spiro atoms. The first-order valence-electron chi connectivity index (χ1n) is 6.61. The molecule has 0 aliphatic rings. The Morgan fingerprint density at radius 2 is 1.90 bits per heavy atom. The topological polar surface area (TPSA) is 12.0 Å². The normalized spacial score (nSPS) is 13.7. The number of nitrogens with one attached hydrogen (secondary N) is 1. The average Bonchev–Trinajstić information content (AvgIpc) is 2.92. The Morgan fingerprint density at radius 1 is 1.20 bits per heavy atom. The first-order chi connectivity index (χ1) is 9.32. The minimum Gasteiger partial charge on any atom is -0.306 e.